The first-order chi connectivity index (χ1) is 9.56. The average Bonchev–Trinajstić information content (AvgIpc) is 2.43. The number of aryl methyl sites for hydroxylation is 1. The number of hydrogen-bond donors (Lipinski definition) is 1. The van der Waals surface area contributed by atoms with E-state index >= 15 is 0 Å². The minimum Gasteiger partial charge on any atom is -0.306 e. The van der Waals surface area contributed by atoms with Gasteiger partial charge in [0.25, 0.3) is 0 Å². The lowest BCUT2D eigenvalue weighted by Crippen LogP contribution is -2.24. The largest absolute Gasteiger partial charge is 0.306 e. The van der Waals surface area contributed by atoms with E-state index in [1.54, 1.807) is 6.07 Å². The summed E-state index contributed by atoms with van der Waals surface area (Å²) in [5.74, 6) is -1.62. The molecule has 2 rings (SSSR count). The van der Waals surface area contributed by atoms with E-state index in [4.69, 9.17) is 0 Å². The molecule has 20 heavy (non-hydrogen) atoms. The van der Waals surface area contributed by atoms with Gasteiger partial charge in [0.05, 0.1) is 6.04 Å². The van der Waals surface area contributed by atoms with Crippen LogP contribution >= 0.6 is 15.9 Å². The number of rotatable bonds is 4. The predicted molar refractivity (Wildman–Crippen MR) is 80.8 cm³/mol. The quantitative estimate of drug-likeness (QED) is 0.848. The highest BCUT2D eigenvalue weighted by Gasteiger charge is 2.21. The highest BCUT2D eigenvalue weighted by atomic mass is 79.9. The smallest absolute Gasteiger partial charge is 0.163 e. The Morgan fingerprint density at radius 1 is 1.10 bits per heavy atom. The highest BCUT2D eigenvalue weighted by Crippen LogP contribution is 2.32. The molecule has 0 aliphatic rings. The molecule has 0 aliphatic heterocycles. The van der Waals surface area contributed by atoms with Crippen molar-refractivity contribution in [2.24, 2.45) is 0 Å². The van der Waals surface area contributed by atoms with Crippen LogP contribution in [-0.4, -0.2) is 6.54 Å². The maximum Gasteiger partial charge on any atom is 0.163 e. The zero-order valence-electron chi connectivity index (χ0n) is 11.4. The molecule has 4 heteroatoms. The average molecular weight is 340 g/mol. The lowest BCUT2D eigenvalue weighted by Gasteiger charge is -2.21. The molecule has 106 valence electrons. The fourth-order valence-corrected chi connectivity index (χ4v) is 2.72. The number of benzene rings is 2. The van der Waals surface area contributed by atoms with Crippen molar-refractivity contribution in [1.82, 2.24) is 5.32 Å². The summed E-state index contributed by atoms with van der Waals surface area (Å²) in [7, 11) is 0. The third-order valence-corrected chi connectivity index (χ3v) is 4.32. The van der Waals surface area contributed by atoms with Crippen molar-refractivity contribution in [3.05, 3.63) is 69.2 Å². The maximum absolute atomic E-state index is 14.1. The molecule has 0 amide bonds. The highest BCUT2D eigenvalue weighted by molar-refractivity contribution is 9.10. The summed E-state index contributed by atoms with van der Waals surface area (Å²) < 4.78 is 28.4. The lowest BCUT2D eigenvalue weighted by atomic mass is 9.96. The molecular formula is C16H16BrF2N. The van der Waals surface area contributed by atoms with E-state index < -0.39 is 11.6 Å². The molecule has 1 N–H and O–H groups in total. The van der Waals surface area contributed by atoms with Gasteiger partial charge in [0.2, 0.25) is 0 Å². The monoisotopic (exact) mass is 339 g/mol. The van der Waals surface area contributed by atoms with Crippen molar-refractivity contribution in [1.29, 1.82) is 0 Å². The van der Waals surface area contributed by atoms with Crippen molar-refractivity contribution >= 4 is 15.9 Å². The lowest BCUT2D eigenvalue weighted by molar-refractivity contribution is 0.482. The van der Waals surface area contributed by atoms with Gasteiger partial charge in [-0.3, -0.25) is 0 Å². The van der Waals surface area contributed by atoms with Gasteiger partial charge in [-0.2, -0.15) is 0 Å². The van der Waals surface area contributed by atoms with E-state index in [9.17, 15) is 8.78 Å². The van der Waals surface area contributed by atoms with Crippen molar-refractivity contribution in [3.8, 4) is 0 Å². The number of halogens is 3. The standard InChI is InChI=1S/C16H16BrF2N/c1-3-20-16(11-7-4-6-10(2)14(11)17)12-8-5-9-13(18)15(12)19/h4-9,16,20H,3H2,1-2H3. The van der Waals surface area contributed by atoms with Crippen LogP contribution in [0.1, 0.15) is 29.7 Å². The summed E-state index contributed by atoms with van der Waals surface area (Å²) in [6.45, 7) is 4.56. The van der Waals surface area contributed by atoms with Crippen molar-refractivity contribution < 1.29 is 8.78 Å². The Bertz CT molecular complexity index is 562. The Morgan fingerprint density at radius 2 is 1.75 bits per heavy atom. The number of nitrogens with one attached hydrogen (secondary N) is 1. The first-order valence-electron chi connectivity index (χ1n) is 6.48. The van der Waals surface area contributed by atoms with Crippen molar-refractivity contribution in [2.45, 2.75) is 19.9 Å². The van der Waals surface area contributed by atoms with Gasteiger partial charge in [0, 0.05) is 10.0 Å². The van der Waals surface area contributed by atoms with Gasteiger partial charge >= 0.3 is 0 Å². The van der Waals surface area contributed by atoms with Crippen LogP contribution in [0.25, 0.3) is 0 Å². The van der Waals surface area contributed by atoms with Crippen molar-refractivity contribution in [3.63, 3.8) is 0 Å². The van der Waals surface area contributed by atoms with Crippen LogP contribution in [-0.2, 0) is 0 Å². The summed E-state index contributed by atoms with van der Waals surface area (Å²) in [6.07, 6.45) is 0. The van der Waals surface area contributed by atoms with Gasteiger partial charge in [-0.1, -0.05) is 53.2 Å². The van der Waals surface area contributed by atoms with Gasteiger partial charge in [-0.05, 0) is 30.7 Å². The van der Waals surface area contributed by atoms with E-state index in [1.807, 2.05) is 32.0 Å². The second kappa shape index (κ2) is 6.46. The van der Waals surface area contributed by atoms with E-state index in [-0.39, 0.29) is 6.04 Å². The Morgan fingerprint density at radius 3 is 2.45 bits per heavy atom. The molecule has 0 bridgehead atoms. The molecule has 0 radical (unpaired) electrons. The van der Waals surface area contributed by atoms with Gasteiger partial charge in [0.15, 0.2) is 11.6 Å². The van der Waals surface area contributed by atoms with E-state index in [1.165, 1.54) is 6.07 Å². The maximum atomic E-state index is 14.1. The van der Waals surface area contributed by atoms with Gasteiger partial charge in [0.1, 0.15) is 0 Å². The molecule has 0 aliphatic carbocycles. The SMILES string of the molecule is CCNC(c1cccc(F)c1F)c1cccc(C)c1Br. The summed E-state index contributed by atoms with van der Waals surface area (Å²) in [5, 5.41) is 3.21. The summed E-state index contributed by atoms with van der Waals surface area (Å²) in [5.41, 5.74) is 2.27. The Balaban J connectivity index is 2.56. The molecule has 1 unspecified atom stereocenters. The Kier molecular flexibility index (Phi) is 4.89. The van der Waals surface area contributed by atoms with Crippen LogP contribution in [0.5, 0.6) is 0 Å². The third-order valence-electron chi connectivity index (χ3n) is 3.23. The second-order valence-electron chi connectivity index (χ2n) is 4.61. The third kappa shape index (κ3) is 2.91. The molecule has 2 aromatic carbocycles. The molecule has 0 heterocycles. The number of hydrogen-bond acceptors (Lipinski definition) is 1. The van der Waals surface area contributed by atoms with Crippen LogP contribution in [0.2, 0.25) is 0 Å². The van der Waals surface area contributed by atoms with E-state index in [0.717, 1.165) is 21.7 Å². The molecule has 2 aromatic rings. The zero-order valence-corrected chi connectivity index (χ0v) is 13.0. The zero-order chi connectivity index (χ0) is 14.7. The molecule has 0 saturated carbocycles. The molecule has 1 nitrogen and oxygen atoms in total. The fourth-order valence-electron chi connectivity index (χ4n) is 2.23. The molecular weight excluding hydrogens is 324 g/mol. The van der Waals surface area contributed by atoms with E-state index in [0.29, 0.717) is 12.1 Å². The normalized spacial score (nSPS) is 12.4. The predicted octanol–water partition coefficient (Wildman–Crippen LogP) is 4.73. The van der Waals surface area contributed by atoms with Crippen LogP contribution in [0.3, 0.4) is 0 Å². The van der Waals surface area contributed by atoms with E-state index in [2.05, 4.69) is 21.2 Å². The topological polar surface area (TPSA) is 12.0 Å². The minimum absolute atomic E-state index is 0.318. The van der Waals surface area contributed by atoms with Crippen LogP contribution in [0.15, 0.2) is 40.9 Å². The Hall–Kier alpha value is -1.26. The molecule has 0 spiro atoms. The van der Waals surface area contributed by atoms with Crippen molar-refractivity contribution in [2.75, 3.05) is 6.54 Å². The van der Waals surface area contributed by atoms with Gasteiger partial charge in [-0.25, -0.2) is 8.78 Å². The second-order valence-corrected chi connectivity index (χ2v) is 5.40. The first-order valence-corrected chi connectivity index (χ1v) is 7.27. The summed E-state index contributed by atoms with van der Waals surface area (Å²) >= 11 is 3.53. The Labute approximate surface area is 126 Å². The van der Waals surface area contributed by atoms with Crippen LogP contribution < -0.4 is 5.32 Å². The molecule has 1 atom stereocenters. The summed E-state index contributed by atoms with van der Waals surface area (Å²) in [4.78, 5) is 0. The summed E-state index contributed by atoms with van der Waals surface area (Å²) in [6, 6.07) is 9.68. The minimum atomic E-state index is -0.825. The van der Waals surface area contributed by atoms with Gasteiger partial charge in [-0.15, -0.1) is 0 Å². The molecule has 0 saturated heterocycles. The van der Waals surface area contributed by atoms with Gasteiger partial charge < -0.3 is 5.32 Å². The fraction of sp³-hybridized carbons (Fsp3) is 0.250. The molecule has 0 aromatic heterocycles. The molecule has 0 fully saturated rings. The van der Waals surface area contributed by atoms with Crippen LogP contribution in [0.4, 0.5) is 8.78 Å². The first kappa shape index (κ1) is 15.1. The van der Waals surface area contributed by atoms with Crippen LogP contribution in [0, 0.1) is 18.6 Å².